The van der Waals surface area contributed by atoms with Crippen molar-refractivity contribution < 1.29 is 33.7 Å². The van der Waals surface area contributed by atoms with Gasteiger partial charge in [0.15, 0.2) is 29.8 Å². The number of hydrogen-bond donors (Lipinski definition) is 4. The number of carbonyl (C=O) groups excluding carboxylic acids is 3. The number of thiazole rings is 1. The average Bonchev–Trinajstić information content (AvgIpc) is 3.50. The van der Waals surface area contributed by atoms with Crippen molar-refractivity contribution >= 4 is 57.6 Å². The molecule has 0 aromatic carbocycles. The molecule has 192 valence electrons. The molecule has 3 amide bonds. The van der Waals surface area contributed by atoms with Gasteiger partial charge in [0.25, 0.3) is 17.7 Å². The van der Waals surface area contributed by atoms with Crippen molar-refractivity contribution in [3.63, 3.8) is 0 Å². The van der Waals surface area contributed by atoms with E-state index in [2.05, 4.69) is 20.8 Å². The molecule has 3 aliphatic rings. The van der Waals surface area contributed by atoms with E-state index in [-0.39, 0.29) is 28.1 Å². The Balaban J connectivity index is 1.34. The Kier molecular flexibility index (Phi) is 6.80. The van der Waals surface area contributed by atoms with E-state index < -0.39 is 35.3 Å². The van der Waals surface area contributed by atoms with E-state index in [1.807, 2.05) is 35.2 Å². The summed E-state index contributed by atoms with van der Waals surface area (Å²) < 4.78 is 1.83. The zero-order valence-electron chi connectivity index (χ0n) is 19.2. The van der Waals surface area contributed by atoms with E-state index >= 15 is 0 Å². The highest BCUT2D eigenvalue weighted by Crippen LogP contribution is 2.40. The van der Waals surface area contributed by atoms with Gasteiger partial charge < -0.3 is 26.3 Å². The van der Waals surface area contributed by atoms with Crippen molar-refractivity contribution in [3.8, 4) is 0 Å². The summed E-state index contributed by atoms with van der Waals surface area (Å²) in [5, 5.41) is 20.1. The van der Waals surface area contributed by atoms with Gasteiger partial charge >= 0.3 is 5.97 Å². The van der Waals surface area contributed by atoms with Crippen LogP contribution >= 0.6 is 23.1 Å². The minimum atomic E-state index is -1.21. The number of hydrogen-bond acceptors (Lipinski definition) is 10. The number of rotatable bonds is 8. The number of β-lactam (4-membered cyclic amide) rings is 1. The molecule has 37 heavy (non-hydrogen) atoms. The minimum absolute atomic E-state index is 0.0765. The number of amides is 3. The second-order valence-electron chi connectivity index (χ2n) is 8.35. The number of fused-ring (bicyclic) bond motifs is 1. The first-order chi connectivity index (χ1) is 17.8. The maximum atomic E-state index is 13.2. The fraction of sp³-hybridized carbons (Fsp3) is 0.318. The summed E-state index contributed by atoms with van der Waals surface area (Å²) in [6.45, 7) is 0.747. The average molecular weight is 545 g/mol. The van der Waals surface area contributed by atoms with Gasteiger partial charge in [-0.15, -0.1) is 23.1 Å². The van der Waals surface area contributed by atoms with Gasteiger partial charge in [0.1, 0.15) is 22.8 Å². The van der Waals surface area contributed by atoms with Gasteiger partial charge in [-0.05, 0) is 0 Å². The second kappa shape index (κ2) is 10.2. The summed E-state index contributed by atoms with van der Waals surface area (Å²) in [7, 11) is 0. The minimum Gasteiger partial charge on any atom is -0.477 e. The number of nitrogen functional groups attached to an aromatic ring is 1. The van der Waals surface area contributed by atoms with Crippen LogP contribution in [0.15, 0.2) is 52.4 Å². The Morgan fingerprint density at radius 2 is 2.11 bits per heavy atom. The number of anilines is 1. The van der Waals surface area contributed by atoms with Gasteiger partial charge in [-0.1, -0.05) is 11.2 Å². The van der Waals surface area contributed by atoms with Crippen LogP contribution in [0.25, 0.3) is 0 Å². The van der Waals surface area contributed by atoms with E-state index in [1.54, 1.807) is 0 Å². The zero-order valence-corrected chi connectivity index (χ0v) is 20.8. The van der Waals surface area contributed by atoms with Crippen molar-refractivity contribution in [2.45, 2.75) is 30.5 Å². The number of oxime groups is 1. The summed E-state index contributed by atoms with van der Waals surface area (Å²) in [6.07, 6.45) is 3.16. The molecule has 0 spiro atoms. The van der Waals surface area contributed by atoms with Gasteiger partial charge in [-0.2, -0.15) is 0 Å². The number of carboxylic acids is 1. The normalized spacial score (nSPS) is 23.3. The maximum Gasteiger partial charge on any atom is 0.352 e. The van der Waals surface area contributed by atoms with E-state index in [0.29, 0.717) is 30.8 Å². The van der Waals surface area contributed by atoms with Crippen molar-refractivity contribution in [2.24, 2.45) is 5.16 Å². The summed E-state index contributed by atoms with van der Waals surface area (Å²) in [4.78, 5) is 60.7. The van der Waals surface area contributed by atoms with Crippen molar-refractivity contribution in [3.05, 3.63) is 52.9 Å². The van der Waals surface area contributed by atoms with Crippen LogP contribution in [0, 0.1) is 0 Å². The molecule has 0 unspecified atom stereocenters. The van der Waals surface area contributed by atoms with E-state index in [9.17, 15) is 24.3 Å². The number of nitrogens with two attached hydrogens (primary N) is 1. The smallest absolute Gasteiger partial charge is 0.352 e. The molecule has 2 aromatic rings. The van der Waals surface area contributed by atoms with Gasteiger partial charge in [0.2, 0.25) is 6.10 Å². The Hall–Kier alpha value is -3.98. The van der Waals surface area contributed by atoms with Crippen LogP contribution in [0.3, 0.4) is 0 Å². The number of aromatic nitrogens is 2. The van der Waals surface area contributed by atoms with E-state index in [0.717, 1.165) is 11.3 Å². The van der Waals surface area contributed by atoms with Gasteiger partial charge in [-0.25, -0.2) is 14.3 Å². The number of thioether (sulfide) groups is 1. The largest absolute Gasteiger partial charge is 0.477 e. The molecule has 3 aliphatic heterocycles. The van der Waals surface area contributed by atoms with Crippen LogP contribution in [-0.4, -0.2) is 74.2 Å². The summed E-state index contributed by atoms with van der Waals surface area (Å²) in [5.41, 5.74) is 6.11. The van der Waals surface area contributed by atoms with Crippen LogP contribution in [0.5, 0.6) is 0 Å². The molecule has 2 fully saturated rings. The molecular weight excluding hydrogens is 522 g/mol. The lowest BCUT2D eigenvalue weighted by molar-refractivity contribution is -0.689. The molecule has 0 radical (unpaired) electrons. The fourth-order valence-electron chi connectivity index (χ4n) is 4.16. The standard InChI is InChI=1S/C22H21N7O6S2/c23-22-25-12(10-37-22)14(27-35-13-4-5-24-17(13)30)18(31)26-15-19(32)29-16(21(33)34)11(9-36-20(15)29)8-28-6-2-1-3-7-28/h1-3,6-7,10,13,15,20H,4-5,8-9H2,(H4-,23,24,25,26,30,31,33,34)/p+1/t13-,15-,20+/m1/s1. The van der Waals surface area contributed by atoms with Crippen molar-refractivity contribution in [1.29, 1.82) is 0 Å². The highest BCUT2D eigenvalue weighted by Gasteiger charge is 2.54. The van der Waals surface area contributed by atoms with Crippen molar-refractivity contribution in [1.82, 2.24) is 20.5 Å². The Morgan fingerprint density at radius 3 is 2.76 bits per heavy atom. The van der Waals surface area contributed by atoms with Crippen LogP contribution in [0.4, 0.5) is 5.13 Å². The Morgan fingerprint density at radius 1 is 1.32 bits per heavy atom. The first kappa shape index (κ1) is 24.7. The first-order valence-electron chi connectivity index (χ1n) is 11.2. The number of aliphatic carboxylic acids is 1. The summed E-state index contributed by atoms with van der Waals surface area (Å²) in [5.74, 6) is -2.49. The van der Waals surface area contributed by atoms with E-state index in [1.165, 1.54) is 22.0 Å². The number of nitrogens with zero attached hydrogens (tertiary/aromatic N) is 4. The molecule has 13 nitrogen and oxygen atoms in total. The zero-order chi connectivity index (χ0) is 26.1. The lowest BCUT2D eigenvalue weighted by Crippen LogP contribution is -2.71. The summed E-state index contributed by atoms with van der Waals surface area (Å²) in [6, 6.07) is 4.54. The van der Waals surface area contributed by atoms with E-state index in [4.69, 9.17) is 10.6 Å². The van der Waals surface area contributed by atoms with Crippen LogP contribution in [0.2, 0.25) is 0 Å². The predicted octanol–water partition coefficient (Wildman–Crippen LogP) is -0.939. The SMILES string of the molecule is Nc1nc(C(=NO[C@@H]2CCNC2=O)C(=O)N[C@@H]2C(=O)N3C(C(=O)O)=C(C[n+]4ccccc4)CS[C@@H]23)cs1. The lowest BCUT2D eigenvalue weighted by Gasteiger charge is -2.49. The highest BCUT2D eigenvalue weighted by atomic mass is 32.2. The molecule has 0 saturated carbocycles. The third-order valence-corrected chi connectivity index (χ3v) is 7.95. The first-order valence-corrected chi connectivity index (χ1v) is 13.1. The number of carboxylic acid groups (broad SMARTS) is 1. The second-order valence-corrected chi connectivity index (χ2v) is 10.3. The van der Waals surface area contributed by atoms with Crippen LogP contribution in [-0.2, 0) is 30.6 Å². The molecule has 5 heterocycles. The highest BCUT2D eigenvalue weighted by molar-refractivity contribution is 8.00. The third-order valence-electron chi connectivity index (χ3n) is 5.94. The lowest BCUT2D eigenvalue weighted by atomic mass is 10.0. The molecule has 3 atom stereocenters. The number of pyridine rings is 1. The molecular formula is C22H22N7O6S2+. The number of carbonyl (C=O) groups is 4. The Labute approximate surface area is 218 Å². The molecule has 5 rings (SSSR count). The molecule has 15 heteroatoms. The molecule has 2 aromatic heterocycles. The summed E-state index contributed by atoms with van der Waals surface area (Å²) >= 11 is 2.45. The third kappa shape index (κ3) is 4.86. The maximum absolute atomic E-state index is 13.2. The topological polar surface area (TPSA) is 180 Å². The molecule has 0 aliphatic carbocycles. The predicted molar refractivity (Wildman–Crippen MR) is 132 cm³/mol. The number of nitrogens with one attached hydrogen (secondary N) is 2. The monoisotopic (exact) mass is 544 g/mol. The quantitative estimate of drug-likeness (QED) is 0.141. The van der Waals surface area contributed by atoms with Gasteiger partial charge in [-0.3, -0.25) is 19.3 Å². The van der Waals surface area contributed by atoms with Crippen LogP contribution in [0.1, 0.15) is 12.1 Å². The Bertz CT molecular complexity index is 1330. The van der Waals surface area contributed by atoms with Crippen LogP contribution < -0.4 is 20.9 Å². The van der Waals surface area contributed by atoms with Crippen molar-refractivity contribution in [2.75, 3.05) is 18.0 Å². The molecule has 5 N–H and O–H groups in total. The van der Waals surface area contributed by atoms with Gasteiger partial charge in [0, 0.05) is 41.8 Å². The molecule has 0 bridgehead atoms. The van der Waals surface area contributed by atoms with Gasteiger partial charge in [0.05, 0.1) is 0 Å². The fourth-order valence-corrected chi connectivity index (χ4v) is 6.05. The molecule has 2 saturated heterocycles.